The first-order valence-electron chi connectivity index (χ1n) is 4.36. The molecule has 1 aromatic rings. The Labute approximate surface area is 99.6 Å². The summed E-state index contributed by atoms with van der Waals surface area (Å²) in [4.78, 5) is -0.0811. The van der Waals surface area contributed by atoms with E-state index in [1.165, 1.54) is 7.11 Å². The van der Waals surface area contributed by atoms with Crippen molar-refractivity contribution in [3.05, 3.63) is 24.3 Å². The van der Waals surface area contributed by atoms with Crippen LogP contribution >= 0.6 is 12.2 Å². The van der Waals surface area contributed by atoms with Crippen LogP contribution < -0.4 is 15.2 Å². The van der Waals surface area contributed by atoms with E-state index in [0.717, 1.165) is 0 Å². The van der Waals surface area contributed by atoms with Crippen LogP contribution in [0.2, 0.25) is 0 Å². The molecular formula is C9H12N2O3S2. The van der Waals surface area contributed by atoms with Crippen LogP contribution in [0.4, 0.5) is 5.69 Å². The van der Waals surface area contributed by atoms with E-state index in [-0.39, 0.29) is 10.7 Å². The molecule has 0 saturated heterocycles. The number of para-hydroxylation sites is 2. The minimum Gasteiger partial charge on any atom is -0.495 e. The number of nitrogens with two attached hydrogens (primary N) is 1. The monoisotopic (exact) mass is 260 g/mol. The molecule has 5 nitrogen and oxygen atoms in total. The smallest absolute Gasteiger partial charge is 0.239 e. The van der Waals surface area contributed by atoms with Gasteiger partial charge in [-0.3, -0.25) is 4.72 Å². The zero-order valence-electron chi connectivity index (χ0n) is 8.64. The summed E-state index contributed by atoms with van der Waals surface area (Å²) in [5.41, 5.74) is 5.55. The quantitative estimate of drug-likeness (QED) is 0.762. The predicted molar refractivity (Wildman–Crippen MR) is 67.2 cm³/mol. The van der Waals surface area contributed by atoms with Gasteiger partial charge in [0.1, 0.15) is 11.5 Å². The molecule has 7 heteroatoms. The van der Waals surface area contributed by atoms with E-state index in [0.29, 0.717) is 11.4 Å². The molecule has 0 bridgehead atoms. The van der Waals surface area contributed by atoms with Crippen LogP contribution in [0, 0.1) is 0 Å². The van der Waals surface area contributed by atoms with Crippen LogP contribution in [0.1, 0.15) is 0 Å². The van der Waals surface area contributed by atoms with Gasteiger partial charge in [0, 0.05) is 0 Å². The topological polar surface area (TPSA) is 81.4 Å². The van der Waals surface area contributed by atoms with E-state index in [2.05, 4.69) is 16.9 Å². The van der Waals surface area contributed by atoms with Crippen molar-refractivity contribution in [3.8, 4) is 5.75 Å². The van der Waals surface area contributed by atoms with Gasteiger partial charge in [-0.1, -0.05) is 24.4 Å². The fourth-order valence-electron chi connectivity index (χ4n) is 1.12. The maximum absolute atomic E-state index is 11.5. The van der Waals surface area contributed by atoms with Gasteiger partial charge >= 0.3 is 0 Å². The molecule has 0 amide bonds. The molecule has 0 atom stereocenters. The van der Waals surface area contributed by atoms with Gasteiger partial charge in [0.15, 0.2) is 0 Å². The highest BCUT2D eigenvalue weighted by atomic mass is 32.2. The number of hydrogen-bond donors (Lipinski definition) is 2. The first-order valence-corrected chi connectivity index (χ1v) is 6.42. The van der Waals surface area contributed by atoms with Crippen LogP contribution in [0.5, 0.6) is 5.75 Å². The van der Waals surface area contributed by atoms with Gasteiger partial charge in [0.05, 0.1) is 17.8 Å². The van der Waals surface area contributed by atoms with Crippen molar-refractivity contribution in [2.45, 2.75) is 0 Å². The number of methoxy groups -OCH3 is 1. The largest absolute Gasteiger partial charge is 0.495 e. The fraction of sp³-hybridized carbons (Fsp3) is 0.222. The summed E-state index contributed by atoms with van der Waals surface area (Å²) in [6.45, 7) is 0. The lowest BCUT2D eigenvalue weighted by atomic mass is 10.3. The van der Waals surface area contributed by atoms with E-state index in [1.54, 1.807) is 24.3 Å². The Morgan fingerprint density at radius 2 is 2.12 bits per heavy atom. The number of ether oxygens (including phenoxy) is 1. The van der Waals surface area contributed by atoms with Crippen molar-refractivity contribution in [3.63, 3.8) is 0 Å². The van der Waals surface area contributed by atoms with Crippen LogP contribution in [0.3, 0.4) is 0 Å². The Hall–Kier alpha value is -1.34. The second-order valence-electron chi connectivity index (χ2n) is 3.03. The summed E-state index contributed by atoms with van der Waals surface area (Å²) >= 11 is 4.55. The van der Waals surface area contributed by atoms with Crippen molar-refractivity contribution in [2.75, 3.05) is 17.6 Å². The third-order valence-electron chi connectivity index (χ3n) is 1.70. The number of anilines is 1. The first kappa shape index (κ1) is 12.7. The van der Waals surface area contributed by atoms with E-state index < -0.39 is 10.0 Å². The molecule has 0 radical (unpaired) electrons. The van der Waals surface area contributed by atoms with Crippen LogP contribution in [-0.4, -0.2) is 26.3 Å². The number of rotatable bonds is 5. The minimum atomic E-state index is -3.56. The molecular weight excluding hydrogens is 248 g/mol. The second-order valence-corrected chi connectivity index (χ2v) is 5.27. The molecule has 3 N–H and O–H groups in total. The molecule has 0 aromatic heterocycles. The Bertz CT molecular complexity index is 485. The van der Waals surface area contributed by atoms with Crippen LogP contribution in [0.25, 0.3) is 0 Å². The average Bonchev–Trinajstić information content (AvgIpc) is 2.15. The van der Waals surface area contributed by atoms with Crippen LogP contribution in [-0.2, 0) is 10.0 Å². The molecule has 0 fully saturated rings. The average molecular weight is 260 g/mol. The first-order chi connectivity index (χ1) is 7.44. The van der Waals surface area contributed by atoms with Crippen molar-refractivity contribution in [2.24, 2.45) is 5.73 Å². The molecule has 1 rings (SSSR count). The minimum absolute atomic E-state index is 0.0811. The van der Waals surface area contributed by atoms with E-state index in [4.69, 9.17) is 10.5 Å². The zero-order chi connectivity index (χ0) is 12.2. The summed E-state index contributed by atoms with van der Waals surface area (Å²) in [7, 11) is -2.10. The Morgan fingerprint density at radius 3 is 2.69 bits per heavy atom. The second kappa shape index (κ2) is 5.13. The molecule has 16 heavy (non-hydrogen) atoms. The third-order valence-corrected chi connectivity index (χ3v) is 3.25. The maximum Gasteiger partial charge on any atom is 0.239 e. The lowest BCUT2D eigenvalue weighted by Crippen LogP contribution is -2.26. The standard InChI is InChI=1S/C9H12N2O3S2/c1-14-8-5-3-2-4-7(8)11-16(12,13)6-9(10)15/h2-5,11H,6H2,1H3,(H2,10,15). The predicted octanol–water partition coefficient (Wildman–Crippen LogP) is 0.723. The van der Waals surface area contributed by atoms with Gasteiger partial charge in [-0.15, -0.1) is 0 Å². The Morgan fingerprint density at radius 1 is 1.50 bits per heavy atom. The van der Waals surface area contributed by atoms with Gasteiger partial charge in [0.25, 0.3) is 0 Å². The van der Waals surface area contributed by atoms with Gasteiger partial charge in [0.2, 0.25) is 10.0 Å². The SMILES string of the molecule is COc1ccccc1NS(=O)(=O)CC(N)=S. The number of benzene rings is 1. The molecule has 0 spiro atoms. The highest BCUT2D eigenvalue weighted by Gasteiger charge is 2.14. The summed E-state index contributed by atoms with van der Waals surface area (Å²) in [5.74, 6) is 0.0504. The van der Waals surface area contributed by atoms with Gasteiger partial charge in [-0.05, 0) is 12.1 Å². The number of hydrogen-bond acceptors (Lipinski definition) is 4. The summed E-state index contributed by atoms with van der Waals surface area (Å²) in [5, 5.41) is 0. The van der Waals surface area contributed by atoms with E-state index in [9.17, 15) is 8.42 Å². The molecule has 0 aliphatic rings. The van der Waals surface area contributed by atoms with Crippen molar-refractivity contribution >= 4 is 32.9 Å². The Balaban J connectivity index is 2.92. The highest BCUT2D eigenvalue weighted by molar-refractivity contribution is 7.95. The van der Waals surface area contributed by atoms with Crippen molar-refractivity contribution < 1.29 is 13.2 Å². The van der Waals surface area contributed by atoms with Gasteiger partial charge in [-0.25, -0.2) is 8.42 Å². The fourth-order valence-corrected chi connectivity index (χ4v) is 2.54. The summed E-state index contributed by atoms with van der Waals surface area (Å²) < 4.78 is 30.4. The zero-order valence-corrected chi connectivity index (χ0v) is 10.3. The molecule has 0 heterocycles. The van der Waals surface area contributed by atoms with Crippen molar-refractivity contribution in [1.82, 2.24) is 0 Å². The Kier molecular flexibility index (Phi) is 4.08. The lowest BCUT2D eigenvalue weighted by molar-refractivity contribution is 0.417. The highest BCUT2D eigenvalue weighted by Crippen LogP contribution is 2.23. The summed E-state index contributed by atoms with van der Waals surface area (Å²) in [6.07, 6.45) is 0. The summed E-state index contributed by atoms with van der Waals surface area (Å²) in [6, 6.07) is 6.68. The molecule has 1 aromatic carbocycles. The van der Waals surface area contributed by atoms with Gasteiger partial charge in [-0.2, -0.15) is 0 Å². The van der Waals surface area contributed by atoms with Gasteiger partial charge < -0.3 is 10.5 Å². The van der Waals surface area contributed by atoms with E-state index >= 15 is 0 Å². The molecule has 0 unspecified atom stereocenters. The maximum atomic E-state index is 11.5. The van der Waals surface area contributed by atoms with E-state index in [1.807, 2.05) is 0 Å². The van der Waals surface area contributed by atoms with Crippen LogP contribution in [0.15, 0.2) is 24.3 Å². The molecule has 0 saturated carbocycles. The molecule has 0 aliphatic heterocycles. The third kappa shape index (κ3) is 3.67. The van der Waals surface area contributed by atoms with Crippen molar-refractivity contribution in [1.29, 1.82) is 0 Å². The number of thiocarbonyl (C=S) groups is 1. The molecule has 88 valence electrons. The molecule has 0 aliphatic carbocycles. The number of nitrogens with one attached hydrogen (secondary N) is 1. The normalized spacial score (nSPS) is 10.8. The number of sulfonamides is 1. The lowest BCUT2D eigenvalue weighted by Gasteiger charge is -2.10.